The predicted molar refractivity (Wildman–Crippen MR) is 83.4 cm³/mol. The third-order valence-corrected chi connectivity index (χ3v) is 4.25. The molecule has 120 valence electrons. The number of hydrogen-bond donors (Lipinski definition) is 2. The summed E-state index contributed by atoms with van der Waals surface area (Å²) in [6.45, 7) is 4.20. The summed E-state index contributed by atoms with van der Waals surface area (Å²) in [4.78, 5) is 0. The van der Waals surface area contributed by atoms with E-state index >= 15 is 0 Å². The lowest BCUT2D eigenvalue weighted by atomic mass is 9.96. The van der Waals surface area contributed by atoms with Crippen molar-refractivity contribution in [2.24, 2.45) is 0 Å². The lowest BCUT2D eigenvalue weighted by molar-refractivity contribution is 0.0499. The molecule has 0 bridgehead atoms. The molecule has 0 amide bonds. The molecule has 1 saturated carbocycles. The maximum absolute atomic E-state index is 10.5. The number of rotatable bonds is 9. The van der Waals surface area contributed by atoms with E-state index in [2.05, 4.69) is 21.3 Å². The van der Waals surface area contributed by atoms with E-state index in [0.717, 1.165) is 18.8 Å². The molecule has 0 saturated heterocycles. The average molecular weight is 295 g/mol. The van der Waals surface area contributed by atoms with Gasteiger partial charge in [0.15, 0.2) is 0 Å². The van der Waals surface area contributed by atoms with Crippen LogP contribution < -0.4 is 5.32 Å². The van der Waals surface area contributed by atoms with Gasteiger partial charge in [-0.3, -0.25) is 4.68 Å². The topological polar surface area (TPSA) is 59.3 Å². The standard InChI is InChI=1S/C16H29N3O2/c1-16(20,8-9-17-10-12-21-2)13-14-7-11-19(18-14)15-5-3-4-6-15/h7,11,15,17,20H,3-6,8-10,12-13H2,1-2H3. The molecule has 1 aliphatic carbocycles. The van der Waals surface area contributed by atoms with Gasteiger partial charge >= 0.3 is 0 Å². The maximum Gasteiger partial charge on any atom is 0.0687 e. The number of aliphatic hydroxyl groups is 1. The van der Waals surface area contributed by atoms with Crippen LogP contribution in [0.2, 0.25) is 0 Å². The van der Waals surface area contributed by atoms with Crippen LogP contribution >= 0.6 is 0 Å². The summed E-state index contributed by atoms with van der Waals surface area (Å²) in [5.74, 6) is 0. The first kappa shape index (κ1) is 16.5. The lowest BCUT2D eigenvalue weighted by Gasteiger charge is -2.22. The Balaban J connectivity index is 1.76. The number of aromatic nitrogens is 2. The maximum atomic E-state index is 10.5. The Labute approximate surface area is 127 Å². The highest BCUT2D eigenvalue weighted by Gasteiger charge is 2.23. The van der Waals surface area contributed by atoms with Crippen LogP contribution in [0.5, 0.6) is 0 Å². The van der Waals surface area contributed by atoms with Gasteiger partial charge in [-0.2, -0.15) is 5.10 Å². The molecule has 1 unspecified atom stereocenters. The normalized spacial score (nSPS) is 19.0. The molecule has 1 fully saturated rings. The molecule has 5 heteroatoms. The van der Waals surface area contributed by atoms with Crippen molar-refractivity contribution in [2.75, 3.05) is 26.8 Å². The second kappa shape index (κ2) is 7.92. The van der Waals surface area contributed by atoms with Crippen molar-refractivity contribution < 1.29 is 9.84 Å². The van der Waals surface area contributed by atoms with Crippen molar-refractivity contribution in [2.45, 2.75) is 57.1 Å². The van der Waals surface area contributed by atoms with Crippen molar-refractivity contribution in [3.05, 3.63) is 18.0 Å². The van der Waals surface area contributed by atoms with Crippen LogP contribution in [0.1, 0.15) is 50.8 Å². The number of ether oxygens (including phenoxy) is 1. The van der Waals surface area contributed by atoms with E-state index in [9.17, 15) is 5.11 Å². The van der Waals surface area contributed by atoms with Crippen LogP contribution in [0, 0.1) is 0 Å². The summed E-state index contributed by atoms with van der Waals surface area (Å²) in [6, 6.07) is 2.62. The van der Waals surface area contributed by atoms with Gasteiger partial charge in [-0.15, -0.1) is 0 Å². The van der Waals surface area contributed by atoms with Gasteiger partial charge in [0.2, 0.25) is 0 Å². The Morgan fingerprint density at radius 2 is 2.19 bits per heavy atom. The van der Waals surface area contributed by atoms with Crippen LogP contribution in [0.25, 0.3) is 0 Å². The Bertz CT molecular complexity index is 411. The van der Waals surface area contributed by atoms with E-state index in [1.165, 1.54) is 25.7 Å². The average Bonchev–Trinajstić information content (AvgIpc) is 3.08. The Morgan fingerprint density at radius 1 is 1.43 bits per heavy atom. The van der Waals surface area contributed by atoms with Gasteiger partial charge < -0.3 is 15.2 Å². The van der Waals surface area contributed by atoms with Crippen molar-refractivity contribution in [3.63, 3.8) is 0 Å². The summed E-state index contributed by atoms with van der Waals surface area (Å²) in [5.41, 5.74) is 0.276. The van der Waals surface area contributed by atoms with E-state index in [1.807, 2.05) is 13.0 Å². The number of nitrogens with one attached hydrogen (secondary N) is 1. The highest BCUT2D eigenvalue weighted by molar-refractivity contribution is 5.04. The number of nitrogens with zero attached hydrogens (tertiary/aromatic N) is 2. The van der Waals surface area contributed by atoms with Crippen LogP contribution in [-0.4, -0.2) is 47.3 Å². The molecule has 0 spiro atoms. The molecular weight excluding hydrogens is 266 g/mol. The molecule has 2 rings (SSSR count). The first-order valence-electron chi connectivity index (χ1n) is 8.07. The second-order valence-corrected chi connectivity index (χ2v) is 6.39. The van der Waals surface area contributed by atoms with Gasteiger partial charge in [0, 0.05) is 26.3 Å². The van der Waals surface area contributed by atoms with Crippen molar-refractivity contribution >= 4 is 0 Å². The first-order chi connectivity index (χ1) is 10.1. The van der Waals surface area contributed by atoms with Crippen LogP contribution in [0.15, 0.2) is 12.3 Å². The zero-order valence-corrected chi connectivity index (χ0v) is 13.3. The van der Waals surface area contributed by atoms with Crippen molar-refractivity contribution in [1.82, 2.24) is 15.1 Å². The molecule has 0 radical (unpaired) electrons. The van der Waals surface area contributed by atoms with E-state index in [1.54, 1.807) is 7.11 Å². The monoisotopic (exact) mass is 295 g/mol. The molecule has 1 aromatic heterocycles. The van der Waals surface area contributed by atoms with Gasteiger partial charge in [-0.05, 0) is 38.8 Å². The summed E-state index contributed by atoms with van der Waals surface area (Å²) in [6.07, 6.45) is 8.49. The predicted octanol–water partition coefficient (Wildman–Crippen LogP) is 1.92. The number of hydrogen-bond acceptors (Lipinski definition) is 4. The summed E-state index contributed by atoms with van der Waals surface area (Å²) >= 11 is 0. The van der Waals surface area contributed by atoms with Gasteiger partial charge in [-0.25, -0.2) is 0 Å². The van der Waals surface area contributed by atoms with E-state index in [4.69, 9.17) is 4.74 Å². The molecule has 21 heavy (non-hydrogen) atoms. The molecule has 1 atom stereocenters. The fourth-order valence-electron chi connectivity index (χ4n) is 2.98. The fourth-order valence-corrected chi connectivity index (χ4v) is 2.98. The van der Waals surface area contributed by atoms with Gasteiger partial charge in [0.05, 0.1) is 23.9 Å². The Hall–Kier alpha value is -0.910. The molecule has 1 aromatic rings. The molecule has 0 aromatic carbocycles. The molecule has 1 heterocycles. The summed E-state index contributed by atoms with van der Waals surface area (Å²) < 4.78 is 7.08. The van der Waals surface area contributed by atoms with Gasteiger partial charge in [0.1, 0.15) is 0 Å². The highest BCUT2D eigenvalue weighted by Crippen LogP contribution is 2.29. The lowest BCUT2D eigenvalue weighted by Crippen LogP contribution is -2.33. The molecular formula is C16H29N3O2. The fraction of sp³-hybridized carbons (Fsp3) is 0.812. The zero-order chi connectivity index (χ0) is 15.1. The van der Waals surface area contributed by atoms with Crippen LogP contribution in [-0.2, 0) is 11.2 Å². The van der Waals surface area contributed by atoms with Crippen molar-refractivity contribution in [1.29, 1.82) is 0 Å². The SMILES string of the molecule is COCCNCCC(C)(O)Cc1ccn(C2CCCC2)n1. The molecule has 2 N–H and O–H groups in total. The highest BCUT2D eigenvalue weighted by atomic mass is 16.5. The van der Waals surface area contributed by atoms with E-state index in [0.29, 0.717) is 25.5 Å². The Morgan fingerprint density at radius 3 is 2.90 bits per heavy atom. The van der Waals surface area contributed by atoms with E-state index < -0.39 is 5.60 Å². The Kier molecular flexibility index (Phi) is 6.21. The smallest absolute Gasteiger partial charge is 0.0687 e. The minimum atomic E-state index is -0.713. The quantitative estimate of drug-likeness (QED) is 0.683. The van der Waals surface area contributed by atoms with Gasteiger partial charge in [0.25, 0.3) is 0 Å². The molecule has 1 aliphatic rings. The summed E-state index contributed by atoms with van der Waals surface area (Å²) in [7, 11) is 1.69. The summed E-state index contributed by atoms with van der Waals surface area (Å²) in [5, 5.41) is 18.4. The van der Waals surface area contributed by atoms with Crippen LogP contribution in [0.4, 0.5) is 0 Å². The van der Waals surface area contributed by atoms with Crippen molar-refractivity contribution in [3.8, 4) is 0 Å². The second-order valence-electron chi connectivity index (χ2n) is 6.39. The first-order valence-corrected chi connectivity index (χ1v) is 8.07. The minimum absolute atomic E-state index is 0.569. The van der Waals surface area contributed by atoms with Crippen LogP contribution in [0.3, 0.4) is 0 Å². The van der Waals surface area contributed by atoms with E-state index in [-0.39, 0.29) is 0 Å². The number of methoxy groups -OCH3 is 1. The molecule has 5 nitrogen and oxygen atoms in total. The largest absolute Gasteiger partial charge is 0.390 e. The zero-order valence-electron chi connectivity index (χ0n) is 13.3. The third-order valence-electron chi connectivity index (χ3n) is 4.25. The van der Waals surface area contributed by atoms with Gasteiger partial charge in [-0.1, -0.05) is 12.8 Å². The third kappa shape index (κ3) is 5.41. The molecule has 0 aliphatic heterocycles. The minimum Gasteiger partial charge on any atom is -0.390 e.